The standard InChI is InChI=1S/C13H9F3N2O/c14-9-6-7-11(17-8-9)13(15,16)12(19)18-10-4-2-1-3-5-10/h1-8H,(H,18,19). The van der Waals surface area contributed by atoms with Crippen molar-refractivity contribution in [3.8, 4) is 0 Å². The van der Waals surface area contributed by atoms with Crippen LogP contribution in [0.25, 0.3) is 0 Å². The van der Waals surface area contributed by atoms with E-state index in [4.69, 9.17) is 0 Å². The summed E-state index contributed by atoms with van der Waals surface area (Å²) in [4.78, 5) is 14.8. The highest BCUT2D eigenvalue weighted by Gasteiger charge is 2.42. The predicted molar refractivity (Wildman–Crippen MR) is 63.2 cm³/mol. The number of carbonyl (C=O) groups is 1. The van der Waals surface area contributed by atoms with E-state index < -0.39 is 23.3 Å². The van der Waals surface area contributed by atoms with Crippen molar-refractivity contribution in [3.63, 3.8) is 0 Å². The molecule has 0 aliphatic heterocycles. The Morgan fingerprint density at radius 2 is 1.79 bits per heavy atom. The molecule has 0 aliphatic rings. The summed E-state index contributed by atoms with van der Waals surface area (Å²) < 4.78 is 40.2. The zero-order valence-corrected chi connectivity index (χ0v) is 9.61. The number of carbonyl (C=O) groups excluding carboxylic acids is 1. The summed E-state index contributed by atoms with van der Waals surface area (Å²) in [6.07, 6.45) is 0.638. The lowest BCUT2D eigenvalue weighted by Crippen LogP contribution is -2.33. The average molecular weight is 266 g/mol. The Labute approximate surface area is 107 Å². The molecule has 0 saturated heterocycles. The number of alkyl halides is 2. The number of rotatable bonds is 3. The van der Waals surface area contributed by atoms with Crippen LogP contribution in [0.15, 0.2) is 48.7 Å². The van der Waals surface area contributed by atoms with E-state index in [9.17, 15) is 18.0 Å². The molecule has 0 unspecified atom stereocenters. The Kier molecular flexibility index (Phi) is 3.50. The molecule has 1 N–H and O–H groups in total. The Morgan fingerprint density at radius 3 is 2.37 bits per heavy atom. The van der Waals surface area contributed by atoms with Gasteiger partial charge in [0.05, 0.1) is 6.20 Å². The average Bonchev–Trinajstić information content (AvgIpc) is 2.40. The molecule has 2 rings (SSSR count). The van der Waals surface area contributed by atoms with E-state index in [0.29, 0.717) is 6.20 Å². The van der Waals surface area contributed by atoms with Crippen molar-refractivity contribution in [1.82, 2.24) is 4.98 Å². The van der Waals surface area contributed by atoms with Gasteiger partial charge in [0.25, 0.3) is 0 Å². The maximum absolute atomic E-state index is 13.8. The van der Waals surface area contributed by atoms with Crippen molar-refractivity contribution in [3.05, 3.63) is 60.2 Å². The van der Waals surface area contributed by atoms with Crippen molar-refractivity contribution in [2.45, 2.75) is 5.92 Å². The van der Waals surface area contributed by atoms with Gasteiger partial charge in [0.2, 0.25) is 0 Å². The van der Waals surface area contributed by atoms with Crippen LogP contribution < -0.4 is 5.32 Å². The fraction of sp³-hybridized carbons (Fsp3) is 0.0769. The van der Waals surface area contributed by atoms with Gasteiger partial charge in [-0.15, -0.1) is 0 Å². The lowest BCUT2D eigenvalue weighted by molar-refractivity contribution is -0.141. The molecule has 1 aromatic heterocycles. The topological polar surface area (TPSA) is 42.0 Å². The molecule has 1 amide bonds. The number of nitrogens with zero attached hydrogens (tertiary/aromatic N) is 1. The third kappa shape index (κ3) is 2.90. The summed E-state index contributed by atoms with van der Waals surface area (Å²) in [6.45, 7) is 0. The number of halogens is 3. The molecule has 19 heavy (non-hydrogen) atoms. The van der Waals surface area contributed by atoms with Gasteiger partial charge in [-0.1, -0.05) is 18.2 Å². The maximum Gasteiger partial charge on any atom is 0.366 e. The van der Waals surface area contributed by atoms with Crippen molar-refractivity contribution < 1.29 is 18.0 Å². The number of hydrogen-bond donors (Lipinski definition) is 1. The Hall–Kier alpha value is -2.37. The SMILES string of the molecule is O=C(Nc1ccccc1)C(F)(F)c1ccc(F)cn1. The summed E-state index contributed by atoms with van der Waals surface area (Å²) in [5.74, 6) is -6.09. The smallest absolute Gasteiger partial charge is 0.320 e. The Bertz CT molecular complexity index is 570. The van der Waals surface area contributed by atoms with Gasteiger partial charge in [-0.2, -0.15) is 8.78 Å². The van der Waals surface area contributed by atoms with Gasteiger partial charge in [0.1, 0.15) is 11.5 Å². The van der Waals surface area contributed by atoms with E-state index in [2.05, 4.69) is 10.3 Å². The highest BCUT2D eigenvalue weighted by Crippen LogP contribution is 2.27. The number of para-hydroxylation sites is 1. The first kappa shape index (κ1) is 13.1. The van der Waals surface area contributed by atoms with E-state index >= 15 is 0 Å². The molecular weight excluding hydrogens is 257 g/mol. The molecule has 0 radical (unpaired) electrons. The fourth-order valence-electron chi connectivity index (χ4n) is 1.41. The molecule has 0 aliphatic carbocycles. The highest BCUT2D eigenvalue weighted by molar-refractivity contribution is 5.96. The summed E-state index contributed by atoms with van der Waals surface area (Å²) in [6, 6.07) is 9.45. The molecule has 0 bridgehead atoms. The zero-order chi connectivity index (χ0) is 13.9. The molecule has 6 heteroatoms. The van der Waals surface area contributed by atoms with Crippen LogP contribution in [-0.4, -0.2) is 10.9 Å². The number of aromatic nitrogens is 1. The Balaban J connectivity index is 2.19. The number of hydrogen-bond acceptors (Lipinski definition) is 2. The minimum atomic E-state index is -3.83. The molecule has 0 saturated carbocycles. The summed E-state index contributed by atoms with van der Waals surface area (Å²) in [5.41, 5.74) is -0.559. The van der Waals surface area contributed by atoms with E-state index in [-0.39, 0.29) is 5.69 Å². The van der Waals surface area contributed by atoms with E-state index in [1.54, 1.807) is 18.2 Å². The number of amides is 1. The molecule has 98 valence electrons. The number of nitrogens with one attached hydrogen (secondary N) is 1. The van der Waals surface area contributed by atoms with Crippen molar-refractivity contribution in [1.29, 1.82) is 0 Å². The minimum Gasteiger partial charge on any atom is -0.320 e. The van der Waals surface area contributed by atoms with Crippen LogP contribution in [0.3, 0.4) is 0 Å². The lowest BCUT2D eigenvalue weighted by atomic mass is 10.2. The van der Waals surface area contributed by atoms with Gasteiger partial charge in [-0.05, 0) is 24.3 Å². The monoisotopic (exact) mass is 266 g/mol. The first-order valence-corrected chi connectivity index (χ1v) is 5.36. The van der Waals surface area contributed by atoms with Gasteiger partial charge in [-0.25, -0.2) is 4.39 Å². The fourth-order valence-corrected chi connectivity index (χ4v) is 1.41. The van der Waals surface area contributed by atoms with Crippen LogP contribution in [0.5, 0.6) is 0 Å². The summed E-state index contributed by atoms with van der Waals surface area (Å²) in [7, 11) is 0. The van der Waals surface area contributed by atoms with Gasteiger partial charge in [0.15, 0.2) is 0 Å². The van der Waals surface area contributed by atoms with Crippen LogP contribution in [-0.2, 0) is 10.7 Å². The molecule has 1 heterocycles. The van der Waals surface area contributed by atoms with Crippen molar-refractivity contribution in [2.75, 3.05) is 5.32 Å². The number of pyridine rings is 1. The maximum atomic E-state index is 13.8. The molecule has 0 spiro atoms. The zero-order valence-electron chi connectivity index (χ0n) is 9.61. The summed E-state index contributed by atoms with van der Waals surface area (Å²) in [5, 5.41) is 2.07. The van der Waals surface area contributed by atoms with Crippen LogP contribution in [0.2, 0.25) is 0 Å². The van der Waals surface area contributed by atoms with Gasteiger partial charge < -0.3 is 5.32 Å². The van der Waals surface area contributed by atoms with Gasteiger partial charge in [-0.3, -0.25) is 9.78 Å². The van der Waals surface area contributed by atoms with Crippen LogP contribution in [0.1, 0.15) is 5.69 Å². The van der Waals surface area contributed by atoms with Crippen LogP contribution in [0, 0.1) is 5.82 Å². The second kappa shape index (κ2) is 5.09. The third-order valence-electron chi connectivity index (χ3n) is 2.37. The lowest BCUT2D eigenvalue weighted by Gasteiger charge is -2.15. The van der Waals surface area contributed by atoms with E-state index in [1.165, 1.54) is 12.1 Å². The molecule has 0 fully saturated rings. The molecule has 3 nitrogen and oxygen atoms in total. The Morgan fingerprint density at radius 1 is 1.11 bits per heavy atom. The first-order valence-electron chi connectivity index (χ1n) is 5.36. The normalized spacial score (nSPS) is 11.1. The van der Waals surface area contributed by atoms with Crippen molar-refractivity contribution in [2.24, 2.45) is 0 Å². The molecule has 2 aromatic rings. The summed E-state index contributed by atoms with van der Waals surface area (Å²) >= 11 is 0. The van der Waals surface area contributed by atoms with Crippen molar-refractivity contribution >= 4 is 11.6 Å². The van der Waals surface area contributed by atoms with E-state index in [0.717, 1.165) is 12.1 Å². The first-order chi connectivity index (χ1) is 9.00. The predicted octanol–water partition coefficient (Wildman–Crippen LogP) is 2.95. The largest absolute Gasteiger partial charge is 0.366 e. The number of benzene rings is 1. The highest BCUT2D eigenvalue weighted by atomic mass is 19.3. The van der Waals surface area contributed by atoms with E-state index in [1.807, 2.05) is 0 Å². The number of anilines is 1. The van der Waals surface area contributed by atoms with Crippen LogP contribution in [0.4, 0.5) is 18.9 Å². The van der Waals surface area contributed by atoms with Gasteiger partial charge in [0, 0.05) is 5.69 Å². The minimum absolute atomic E-state index is 0.245. The molecule has 0 atom stereocenters. The van der Waals surface area contributed by atoms with Crippen LogP contribution >= 0.6 is 0 Å². The second-order valence-electron chi connectivity index (χ2n) is 3.76. The quantitative estimate of drug-likeness (QED) is 0.928. The molecular formula is C13H9F3N2O. The van der Waals surface area contributed by atoms with Gasteiger partial charge >= 0.3 is 11.8 Å². The second-order valence-corrected chi connectivity index (χ2v) is 3.76. The third-order valence-corrected chi connectivity index (χ3v) is 2.37. The molecule has 1 aromatic carbocycles.